The molecule has 1 unspecified atom stereocenters. The first-order valence-electron chi connectivity index (χ1n) is 10.9. The summed E-state index contributed by atoms with van der Waals surface area (Å²) in [4.78, 5) is 25.5. The fourth-order valence-corrected chi connectivity index (χ4v) is 4.13. The monoisotopic (exact) mass is 565 g/mol. The minimum atomic E-state index is -0.847. The Hall–Kier alpha value is -2.77. The first kappa shape index (κ1) is 27.8. The van der Waals surface area contributed by atoms with Gasteiger partial charge in [-0.15, -0.1) is 0 Å². The first-order chi connectivity index (χ1) is 17.2. The van der Waals surface area contributed by atoms with E-state index in [1.54, 1.807) is 36.4 Å². The second-order valence-electron chi connectivity index (χ2n) is 8.12. The van der Waals surface area contributed by atoms with Crippen molar-refractivity contribution in [2.45, 2.75) is 26.5 Å². The van der Waals surface area contributed by atoms with Gasteiger partial charge in [-0.05, 0) is 48.4 Å². The minimum absolute atomic E-state index is 0.192. The number of halogens is 4. The summed E-state index contributed by atoms with van der Waals surface area (Å²) in [6.45, 7) is 3.84. The predicted molar refractivity (Wildman–Crippen MR) is 146 cm³/mol. The van der Waals surface area contributed by atoms with Crippen molar-refractivity contribution in [1.82, 2.24) is 10.7 Å². The Morgan fingerprint density at radius 2 is 1.61 bits per heavy atom. The Labute approximate surface area is 229 Å². The first-order valence-corrected chi connectivity index (χ1v) is 12.4. The molecular weight excluding hydrogens is 544 g/mol. The number of nitrogens with zero attached hydrogens (tertiary/aromatic N) is 1. The number of benzene rings is 3. The van der Waals surface area contributed by atoms with Crippen molar-refractivity contribution >= 4 is 64.4 Å². The molecule has 0 aromatic heterocycles. The number of carbonyl (C=O) groups excluding carboxylic acids is 2. The zero-order chi connectivity index (χ0) is 26.2. The van der Waals surface area contributed by atoms with Crippen molar-refractivity contribution in [1.29, 1.82) is 0 Å². The molecule has 2 amide bonds. The van der Waals surface area contributed by atoms with Gasteiger partial charge in [0.2, 0.25) is 0 Å². The molecule has 0 fully saturated rings. The van der Waals surface area contributed by atoms with Gasteiger partial charge in [-0.2, -0.15) is 5.10 Å². The van der Waals surface area contributed by atoms with Gasteiger partial charge in [-0.25, -0.2) is 5.43 Å². The van der Waals surface area contributed by atoms with Crippen LogP contribution in [-0.4, -0.2) is 24.1 Å². The van der Waals surface area contributed by atoms with Crippen LogP contribution in [0.25, 0.3) is 0 Å². The maximum Gasteiger partial charge on any atom is 0.262 e. The van der Waals surface area contributed by atoms with Gasteiger partial charge in [-0.1, -0.05) is 78.5 Å². The van der Waals surface area contributed by atoms with Gasteiger partial charge in [0.25, 0.3) is 11.8 Å². The lowest BCUT2D eigenvalue weighted by Gasteiger charge is -2.20. The molecule has 10 heteroatoms. The summed E-state index contributed by atoms with van der Waals surface area (Å²) in [5, 5.41) is 8.40. The number of hydrogen-bond donors (Lipinski definition) is 2. The van der Waals surface area contributed by atoms with Crippen molar-refractivity contribution in [3.05, 3.63) is 97.4 Å². The van der Waals surface area contributed by atoms with E-state index in [2.05, 4.69) is 15.8 Å². The van der Waals surface area contributed by atoms with Gasteiger partial charge in [0.15, 0.2) is 0 Å². The van der Waals surface area contributed by atoms with E-state index in [4.69, 9.17) is 51.1 Å². The van der Waals surface area contributed by atoms with Crippen LogP contribution in [0.2, 0.25) is 20.1 Å². The second kappa shape index (κ2) is 13.0. The highest BCUT2D eigenvalue weighted by molar-refractivity contribution is 6.37. The van der Waals surface area contributed by atoms with E-state index in [9.17, 15) is 9.59 Å². The molecule has 0 bridgehead atoms. The fraction of sp³-hybridized carbons (Fsp3) is 0.192. The minimum Gasteiger partial charge on any atom is -0.488 e. The van der Waals surface area contributed by atoms with E-state index < -0.39 is 17.9 Å². The average molecular weight is 567 g/mol. The van der Waals surface area contributed by atoms with Crippen LogP contribution >= 0.6 is 46.4 Å². The average Bonchev–Trinajstić information content (AvgIpc) is 2.82. The number of carbonyl (C=O) groups is 2. The third kappa shape index (κ3) is 7.61. The molecule has 0 saturated heterocycles. The molecule has 3 aromatic carbocycles. The topological polar surface area (TPSA) is 79.8 Å². The maximum atomic E-state index is 12.8. The van der Waals surface area contributed by atoms with E-state index in [0.717, 1.165) is 5.56 Å². The molecule has 1 atom stereocenters. The molecule has 188 valence electrons. The highest BCUT2D eigenvalue weighted by Gasteiger charge is 2.25. The Balaban J connectivity index is 1.65. The van der Waals surface area contributed by atoms with E-state index in [1.807, 2.05) is 26.0 Å². The summed E-state index contributed by atoms with van der Waals surface area (Å²) in [6, 6.07) is 16.1. The smallest absolute Gasteiger partial charge is 0.262 e. The normalized spacial score (nSPS) is 12.0. The third-order valence-electron chi connectivity index (χ3n) is 5.11. The quantitative estimate of drug-likeness (QED) is 0.221. The van der Waals surface area contributed by atoms with Gasteiger partial charge < -0.3 is 10.1 Å². The molecule has 0 saturated carbocycles. The van der Waals surface area contributed by atoms with E-state index >= 15 is 0 Å². The van der Waals surface area contributed by atoms with Crippen LogP contribution < -0.4 is 15.5 Å². The molecule has 6 nitrogen and oxygen atoms in total. The van der Waals surface area contributed by atoms with Crippen LogP contribution in [0.3, 0.4) is 0 Å². The molecule has 0 aliphatic heterocycles. The van der Waals surface area contributed by atoms with Crippen LogP contribution in [0.1, 0.15) is 35.3 Å². The zero-order valence-electron chi connectivity index (χ0n) is 19.4. The highest BCUT2D eigenvalue weighted by atomic mass is 35.5. The summed E-state index contributed by atoms with van der Waals surface area (Å²) < 4.78 is 5.90. The number of hydrazone groups is 1. The van der Waals surface area contributed by atoms with Crippen molar-refractivity contribution in [3.8, 4) is 5.75 Å². The van der Waals surface area contributed by atoms with E-state index in [0.29, 0.717) is 26.4 Å². The molecule has 36 heavy (non-hydrogen) atoms. The number of rotatable bonds is 9. The lowest BCUT2D eigenvalue weighted by Crippen LogP contribution is -2.48. The molecule has 0 heterocycles. The third-order valence-corrected chi connectivity index (χ3v) is 6.24. The molecular formula is C26H23Cl4N3O3. The Bertz CT molecular complexity index is 1280. The van der Waals surface area contributed by atoms with Crippen LogP contribution in [-0.2, 0) is 11.4 Å². The number of hydrogen-bond acceptors (Lipinski definition) is 4. The molecule has 0 aliphatic rings. The van der Waals surface area contributed by atoms with Gasteiger partial charge >= 0.3 is 0 Å². The maximum absolute atomic E-state index is 12.8. The second-order valence-corrected chi connectivity index (χ2v) is 9.80. The predicted octanol–water partition coefficient (Wildman–Crippen LogP) is 6.78. The Morgan fingerprint density at radius 1 is 0.944 bits per heavy atom. The lowest BCUT2D eigenvalue weighted by molar-refractivity contribution is -0.123. The molecule has 0 radical (unpaired) electrons. The van der Waals surface area contributed by atoms with Crippen molar-refractivity contribution < 1.29 is 14.3 Å². The number of amides is 2. The fourth-order valence-electron chi connectivity index (χ4n) is 3.18. The van der Waals surface area contributed by atoms with Crippen LogP contribution in [0.4, 0.5) is 0 Å². The number of ether oxygens (including phenoxy) is 1. The summed E-state index contributed by atoms with van der Waals surface area (Å²) in [6.07, 6.45) is 1.46. The molecule has 3 rings (SSSR count). The van der Waals surface area contributed by atoms with Crippen molar-refractivity contribution in [2.24, 2.45) is 11.0 Å². The van der Waals surface area contributed by atoms with E-state index in [-0.39, 0.29) is 23.1 Å². The Morgan fingerprint density at radius 3 is 2.28 bits per heavy atom. The molecule has 3 aromatic rings. The van der Waals surface area contributed by atoms with Gasteiger partial charge in [0, 0.05) is 26.2 Å². The lowest BCUT2D eigenvalue weighted by atomic mass is 10.0. The van der Waals surface area contributed by atoms with Gasteiger partial charge in [-0.3, -0.25) is 9.59 Å². The van der Waals surface area contributed by atoms with Crippen molar-refractivity contribution in [2.75, 3.05) is 0 Å². The largest absolute Gasteiger partial charge is 0.488 e. The summed E-state index contributed by atoms with van der Waals surface area (Å²) in [7, 11) is 0. The number of nitrogens with one attached hydrogen (secondary N) is 2. The van der Waals surface area contributed by atoms with Crippen molar-refractivity contribution in [3.63, 3.8) is 0 Å². The molecule has 2 N–H and O–H groups in total. The standard InChI is InChI=1S/C26H23Cl4N3O3/c1-15(2)24(32-25(34)20-10-9-19(28)12-22(20)30)26(35)33-31-13-16-5-3-4-6-23(16)36-14-17-7-8-18(27)11-21(17)29/h3-13,15,24H,14H2,1-2H3,(H,32,34)(H,33,35). The van der Waals surface area contributed by atoms with Crippen LogP contribution in [0, 0.1) is 5.92 Å². The van der Waals surface area contributed by atoms with Crippen LogP contribution in [0.15, 0.2) is 65.8 Å². The summed E-state index contributed by atoms with van der Waals surface area (Å²) in [5.74, 6) is -0.636. The van der Waals surface area contributed by atoms with Gasteiger partial charge in [0.1, 0.15) is 18.4 Å². The number of para-hydroxylation sites is 1. The SMILES string of the molecule is CC(C)C(NC(=O)c1ccc(Cl)cc1Cl)C(=O)NN=Cc1ccccc1OCc1ccc(Cl)cc1Cl. The highest BCUT2D eigenvalue weighted by Crippen LogP contribution is 2.24. The van der Waals surface area contributed by atoms with E-state index in [1.165, 1.54) is 18.3 Å². The zero-order valence-corrected chi connectivity index (χ0v) is 22.4. The Kier molecular flexibility index (Phi) is 10.0. The summed E-state index contributed by atoms with van der Waals surface area (Å²) in [5.41, 5.74) is 4.11. The molecule has 0 spiro atoms. The summed E-state index contributed by atoms with van der Waals surface area (Å²) >= 11 is 24.2. The molecule has 0 aliphatic carbocycles. The van der Waals surface area contributed by atoms with Gasteiger partial charge in [0.05, 0.1) is 16.8 Å². The van der Waals surface area contributed by atoms with Crippen LogP contribution in [0.5, 0.6) is 5.75 Å².